The molecule has 0 aromatic heterocycles. The largest absolute Gasteiger partial charge is 0.341 e. The van der Waals surface area contributed by atoms with Gasteiger partial charge in [0.2, 0.25) is 0 Å². The van der Waals surface area contributed by atoms with E-state index in [0.717, 1.165) is 5.69 Å². The van der Waals surface area contributed by atoms with Crippen LogP contribution in [0.3, 0.4) is 0 Å². The quantitative estimate of drug-likeness (QED) is 0.497. The minimum Gasteiger partial charge on any atom is -0.338 e. The van der Waals surface area contributed by atoms with Crippen molar-refractivity contribution in [3.05, 3.63) is 30.3 Å². The normalized spacial score (nSPS) is 11.1. The number of nitrogens with one attached hydrogen (secondary N) is 1. The van der Waals surface area contributed by atoms with Crippen molar-refractivity contribution in [3.63, 3.8) is 0 Å². The number of urea groups is 1. The average molecular weight is 326 g/mol. The smallest absolute Gasteiger partial charge is 0.338 e. The third-order valence-corrected chi connectivity index (χ3v) is 4.98. The molecule has 1 aromatic rings. The van der Waals surface area contributed by atoms with Crippen molar-refractivity contribution < 1.29 is 4.79 Å². The molecule has 0 aliphatic rings. The van der Waals surface area contributed by atoms with Crippen LogP contribution in [0, 0.1) is 0 Å². The minimum absolute atomic E-state index is 0.160. The standard InChI is InChI=1S/C11H15Cl3N2OSi/c1-16(10-6-3-2-4-7-10)11(17)15-8-5-9-18(12,13)14/h2-4,6-7H,5,8-9H2,1H3,(H,15,17). The number of carbonyl (C=O) groups is 1. The summed E-state index contributed by atoms with van der Waals surface area (Å²) in [5.41, 5.74) is 0.839. The Kier molecular flexibility index (Phi) is 6.28. The number of para-hydroxylation sites is 1. The van der Waals surface area contributed by atoms with Gasteiger partial charge in [-0.2, -0.15) is 0 Å². The van der Waals surface area contributed by atoms with Gasteiger partial charge in [-0.15, -0.1) is 33.2 Å². The number of anilines is 1. The van der Waals surface area contributed by atoms with Crippen LogP contribution < -0.4 is 10.2 Å². The van der Waals surface area contributed by atoms with Crippen LogP contribution in [0.1, 0.15) is 6.42 Å². The highest BCUT2D eigenvalue weighted by molar-refractivity contribution is 7.64. The van der Waals surface area contributed by atoms with E-state index in [1.165, 1.54) is 0 Å². The van der Waals surface area contributed by atoms with Crippen LogP contribution in [-0.4, -0.2) is 25.6 Å². The van der Waals surface area contributed by atoms with Crippen LogP contribution in [0.4, 0.5) is 10.5 Å². The van der Waals surface area contributed by atoms with Gasteiger partial charge in [0.1, 0.15) is 0 Å². The molecular formula is C11H15Cl3N2OSi. The second kappa shape index (κ2) is 7.24. The van der Waals surface area contributed by atoms with E-state index < -0.39 is 6.00 Å². The van der Waals surface area contributed by atoms with Gasteiger partial charge in [-0.25, -0.2) is 4.79 Å². The van der Waals surface area contributed by atoms with E-state index in [4.69, 9.17) is 33.2 Å². The SMILES string of the molecule is CN(C(=O)NCCC[Si](Cl)(Cl)Cl)c1ccccc1. The molecule has 0 bridgehead atoms. The summed E-state index contributed by atoms with van der Waals surface area (Å²) in [6.45, 7) is 0.511. The number of hydrogen-bond acceptors (Lipinski definition) is 1. The Morgan fingerprint density at radius 1 is 1.28 bits per heavy atom. The lowest BCUT2D eigenvalue weighted by molar-refractivity contribution is 0.247. The number of hydrogen-bond donors (Lipinski definition) is 1. The van der Waals surface area contributed by atoms with Crippen LogP contribution in [0.2, 0.25) is 6.04 Å². The van der Waals surface area contributed by atoms with Gasteiger partial charge in [-0.3, -0.25) is 4.90 Å². The molecule has 0 radical (unpaired) electrons. The lowest BCUT2D eigenvalue weighted by Crippen LogP contribution is -2.37. The molecule has 0 spiro atoms. The molecule has 18 heavy (non-hydrogen) atoms. The number of halogens is 3. The lowest BCUT2D eigenvalue weighted by Gasteiger charge is -2.18. The molecule has 1 rings (SSSR count). The second-order valence-electron chi connectivity index (χ2n) is 3.85. The third kappa shape index (κ3) is 5.95. The lowest BCUT2D eigenvalue weighted by atomic mass is 10.3. The van der Waals surface area contributed by atoms with Gasteiger partial charge in [0, 0.05) is 19.3 Å². The average Bonchev–Trinajstić information content (AvgIpc) is 2.33. The highest BCUT2D eigenvalue weighted by atomic mass is 35.8. The molecule has 0 aliphatic heterocycles. The summed E-state index contributed by atoms with van der Waals surface area (Å²) >= 11 is 17.3. The zero-order chi connectivity index (χ0) is 13.6. The fraction of sp³-hybridized carbons (Fsp3) is 0.364. The summed E-state index contributed by atoms with van der Waals surface area (Å²) in [5, 5.41) is 2.79. The minimum atomic E-state index is -2.57. The van der Waals surface area contributed by atoms with Gasteiger partial charge in [0.25, 0.3) is 0 Å². The number of nitrogens with zero attached hydrogens (tertiary/aromatic N) is 1. The van der Waals surface area contributed by atoms with Gasteiger partial charge >= 0.3 is 12.0 Å². The van der Waals surface area contributed by atoms with Crippen molar-refractivity contribution in [1.29, 1.82) is 0 Å². The van der Waals surface area contributed by atoms with Crippen molar-refractivity contribution >= 4 is 51.0 Å². The Labute approximate surface area is 122 Å². The fourth-order valence-electron chi connectivity index (χ4n) is 1.37. The Balaban J connectivity index is 2.33. The molecular weight excluding hydrogens is 311 g/mol. The van der Waals surface area contributed by atoms with Gasteiger partial charge in [-0.1, -0.05) is 18.2 Å². The number of rotatable bonds is 5. The molecule has 0 saturated carbocycles. The van der Waals surface area contributed by atoms with E-state index in [1.54, 1.807) is 11.9 Å². The first kappa shape index (κ1) is 15.6. The molecule has 0 atom stereocenters. The van der Waals surface area contributed by atoms with Crippen LogP contribution in [0.25, 0.3) is 0 Å². The number of amides is 2. The maximum Gasteiger partial charge on any atom is 0.341 e. The van der Waals surface area contributed by atoms with Gasteiger partial charge in [-0.05, 0) is 24.6 Å². The molecule has 100 valence electrons. The topological polar surface area (TPSA) is 32.3 Å². The Morgan fingerprint density at radius 2 is 1.89 bits per heavy atom. The van der Waals surface area contributed by atoms with E-state index in [-0.39, 0.29) is 6.03 Å². The van der Waals surface area contributed by atoms with Crippen molar-refractivity contribution in [2.75, 3.05) is 18.5 Å². The van der Waals surface area contributed by atoms with Crippen LogP contribution in [0.5, 0.6) is 0 Å². The predicted molar refractivity (Wildman–Crippen MR) is 81.0 cm³/mol. The summed E-state index contributed by atoms with van der Waals surface area (Å²) in [7, 11) is 1.72. The van der Waals surface area contributed by atoms with Gasteiger partial charge in [0.05, 0.1) is 0 Å². The Hall–Kier alpha value is -0.423. The summed E-state index contributed by atoms with van der Waals surface area (Å²) in [4.78, 5) is 13.3. The molecule has 2 amide bonds. The fourth-order valence-corrected chi connectivity index (χ4v) is 3.15. The van der Waals surface area contributed by atoms with E-state index in [1.807, 2.05) is 30.3 Å². The monoisotopic (exact) mass is 324 g/mol. The van der Waals surface area contributed by atoms with Crippen molar-refractivity contribution in [3.8, 4) is 0 Å². The molecule has 0 aliphatic carbocycles. The van der Waals surface area contributed by atoms with Crippen molar-refractivity contribution in [2.24, 2.45) is 0 Å². The van der Waals surface area contributed by atoms with Gasteiger partial charge in [0.15, 0.2) is 0 Å². The van der Waals surface area contributed by atoms with E-state index >= 15 is 0 Å². The van der Waals surface area contributed by atoms with Crippen molar-refractivity contribution in [1.82, 2.24) is 5.32 Å². The molecule has 3 nitrogen and oxygen atoms in total. The first-order chi connectivity index (χ1) is 8.40. The van der Waals surface area contributed by atoms with Crippen LogP contribution in [0.15, 0.2) is 30.3 Å². The molecule has 7 heteroatoms. The highest BCUT2D eigenvalue weighted by Crippen LogP contribution is 2.25. The highest BCUT2D eigenvalue weighted by Gasteiger charge is 2.23. The maximum absolute atomic E-state index is 11.8. The summed E-state index contributed by atoms with van der Waals surface area (Å²) in [5.74, 6) is 0. The summed E-state index contributed by atoms with van der Waals surface area (Å²) < 4.78 is 0. The zero-order valence-electron chi connectivity index (χ0n) is 10.00. The summed E-state index contributed by atoms with van der Waals surface area (Å²) in [6.07, 6.45) is 0.678. The Bertz CT molecular complexity index is 384. The number of carbonyl (C=O) groups excluding carboxylic acids is 1. The number of benzene rings is 1. The Morgan fingerprint density at radius 3 is 2.44 bits per heavy atom. The zero-order valence-corrected chi connectivity index (χ0v) is 13.3. The maximum atomic E-state index is 11.8. The van der Waals surface area contributed by atoms with E-state index in [9.17, 15) is 4.79 Å². The first-order valence-corrected chi connectivity index (χ1v) is 10.8. The predicted octanol–water partition coefficient (Wildman–Crippen LogP) is 3.88. The van der Waals surface area contributed by atoms with Gasteiger partial charge < -0.3 is 5.32 Å². The van der Waals surface area contributed by atoms with Crippen molar-refractivity contribution in [2.45, 2.75) is 12.5 Å². The molecule has 1 aromatic carbocycles. The third-order valence-electron chi connectivity index (χ3n) is 2.36. The second-order valence-corrected chi connectivity index (χ2v) is 13.1. The first-order valence-electron chi connectivity index (χ1n) is 5.53. The van der Waals surface area contributed by atoms with Crippen LogP contribution >= 0.6 is 33.2 Å². The van der Waals surface area contributed by atoms with E-state index in [2.05, 4.69) is 5.32 Å². The molecule has 0 fully saturated rings. The molecule has 1 N–H and O–H groups in total. The molecule has 0 saturated heterocycles. The van der Waals surface area contributed by atoms with E-state index in [0.29, 0.717) is 19.0 Å². The molecule has 0 heterocycles. The molecule has 0 unspecified atom stereocenters. The van der Waals surface area contributed by atoms with Crippen LogP contribution in [-0.2, 0) is 0 Å². The summed E-state index contributed by atoms with van der Waals surface area (Å²) in [6, 6.07) is 7.23.